The third-order valence-corrected chi connectivity index (χ3v) is 1.67. The number of anilines is 1. The van der Waals surface area contributed by atoms with Crippen LogP contribution in [0.4, 0.5) is 10.3 Å². The van der Waals surface area contributed by atoms with Crippen molar-refractivity contribution in [2.45, 2.75) is 6.54 Å². The molecular formula is C8H9FN6. The van der Waals surface area contributed by atoms with E-state index in [2.05, 4.69) is 25.4 Å². The highest BCUT2D eigenvalue weighted by Gasteiger charge is 2.00. The van der Waals surface area contributed by atoms with Crippen LogP contribution >= 0.6 is 0 Å². The van der Waals surface area contributed by atoms with E-state index in [4.69, 9.17) is 0 Å². The molecule has 0 aliphatic heterocycles. The lowest BCUT2D eigenvalue weighted by molar-refractivity contribution is 0.614. The van der Waals surface area contributed by atoms with Gasteiger partial charge < -0.3 is 5.32 Å². The van der Waals surface area contributed by atoms with Gasteiger partial charge in [-0.15, -0.1) is 0 Å². The first-order valence-electron chi connectivity index (χ1n) is 4.30. The van der Waals surface area contributed by atoms with Crippen molar-refractivity contribution in [3.63, 3.8) is 0 Å². The Hall–Kier alpha value is -2.05. The Labute approximate surface area is 85.2 Å². The summed E-state index contributed by atoms with van der Waals surface area (Å²) in [4.78, 5) is 11.5. The van der Waals surface area contributed by atoms with E-state index in [0.717, 1.165) is 12.4 Å². The topological polar surface area (TPSA) is 68.5 Å². The quantitative estimate of drug-likeness (QED) is 0.788. The van der Waals surface area contributed by atoms with Crippen LogP contribution in [0.2, 0.25) is 0 Å². The molecule has 0 aliphatic carbocycles. The summed E-state index contributed by atoms with van der Waals surface area (Å²) in [5.74, 6) is 0.519. The van der Waals surface area contributed by atoms with Crippen LogP contribution in [-0.4, -0.2) is 24.7 Å². The molecule has 1 N–H and O–H groups in total. The highest BCUT2D eigenvalue weighted by Crippen LogP contribution is 1.99. The summed E-state index contributed by atoms with van der Waals surface area (Å²) in [6.07, 6.45) is 3.80. The maximum absolute atomic E-state index is 12.5. The normalized spacial score (nSPS) is 10.3. The van der Waals surface area contributed by atoms with Gasteiger partial charge in [0.2, 0.25) is 5.95 Å². The molecule has 6 nitrogen and oxygen atoms in total. The van der Waals surface area contributed by atoms with Gasteiger partial charge in [-0.05, 0) is 0 Å². The van der Waals surface area contributed by atoms with Crippen LogP contribution in [0.15, 0.2) is 18.7 Å². The van der Waals surface area contributed by atoms with Gasteiger partial charge in [0.25, 0.3) is 0 Å². The van der Waals surface area contributed by atoms with Crippen molar-refractivity contribution in [3.05, 3.63) is 30.4 Å². The molecule has 2 aromatic rings. The predicted molar refractivity (Wildman–Crippen MR) is 50.3 cm³/mol. The Balaban J connectivity index is 1.96. The van der Waals surface area contributed by atoms with Crippen LogP contribution in [0.25, 0.3) is 0 Å². The standard InChI is InChI=1S/C8H9FN6/c1-15-5-13-7(14-15)4-12-8-10-2-6(9)3-11-8/h2-3,5H,4H2,1H3,(H,10,11,12). The molecule has 0 bridgehead atoms. The second-order valence-corrected chi connectivity index (χ2v) is 2.91. The van der Waals surface area contributed by atoms with Crippen LogP contribution < -0.4 is 5.32 Å². The smallest absolute Gasteiger partial charge is 0.223 e. The molecule has 0 aromatic carbocycles. The second kappa shape index (κ2) is 3.99. The van der Waals surface area contributed by atoms with Crippen molar-refractivity contribution in [2.75, 3.05) is 5.32 Å². The first-order valence-corrected chi connectivity index (χ1v) is 4.30. The van der Waals surface area contributed by atoms with Crippen LogP contribution in [0.3, 0.4) is 0 Å². The molecule has 0 spiro atoms. The summed E-state index contributed by atoms with van der Waals surface area (Å²) in [5, 5.41) is 6.93. The van der Waals surface area contributed by atoms with E-state index in [-0.39, 0.29) is 0 Å². The van der Waals surface area contributed by atoms with Crippen LogP contribution in [0, 0.1) is 5.82 Å². The van der Waals surface area contributed by atoms with Gasteiger partial charge in [-0.2, -0.15) is 5.10 Å². The zero-order chi connectivity index (χ0) is 10.7. The van der Waals surface area contributed by atoms with E-state index in [9.17, 15) is 4.39 Å². The molecule has 2 rings (SSSR count). The van der Waals surface area contributed by atoms with Crippen LogP contribution in [0.5, 0.6) is 0 Å². The lowest BCUT2D eigenvalue weighted by Crippen LogP contribution is -2.05. The van der Waals surface area contributed by atoms with Gasteiger partial charge in [0.15, 0.2) is 11.6 Å². The number of aryl methyl sites for hydroxylation is 1. The molecule has 0 amide bonds. The minimum absolute atomic E-state index is 0.351. The average molecular weight is 208 g/mol. The summed E-state index contributed by atoms with van der Waals surface area (Å²) in [5.41, 5.74) is 0. The molecule has 0 atom stereocenters. The molecule has 15 heavy (non-hydrogen) atoms. The fourth-order valence-electron chi connectivity index (χ4n) is 1.03. The van der Waals surface area contributed by atoms with Crippen LogP contribution in [0.1, 0.15) is 5.82 Å². The third-order valence-electron chi connectivity index (χ3n) is 1.67. The molecule has 78 valence electrons. The van der Waals surface area contributed by atoms with Gasteiger partial charge in [-0.1, -0.05) is 0 Å². The summed E-state index contributed by atoms with van der Waals surface area (Å²) >= 11 is 0. The summed E-state index contributed by atoms with van der Waals surface area (Å²) in [6, 6.07) is 0. The Morgan fingerprint density at radius 2 is 2.07 bits per heavy atom. The lowest BCUT2D eigenvalue weighted by Gasteiger charge is -2.00. The number of hydrogen-bond donors (Lipinski definition) is 1. The maximum atomic E-state index is 12.5. The average Bonchev–Trinajstić information content (AvgIpc) is 2.64. The highest BCUT2D eigenvalue weighted by atomic mass is 19.1. The third kappa shape index (κ3) is 2.46. The fourth-order valence-corrected chi connectivity index (χ4v) is 1.03. The van der Waals surface area contributed by atoms with Crippen molar-refractivity contribution in [1.29, 1.82) is 0 Å². The summed E-state index contributed by atoms with van der Waals surface area (Å²) in [7, 11) is 1.78. The van der Waals surface area contributed by atoms with Crippen molar-refractivity contribution in [2.24, 2.45) is 7.05 Å². The van der Waals surface area contributed by atoms with E-state index >= 15 is 0 Å². The number of hydrogen-bond acceptors (Lipinski definition) is 5. The number of rotatable bonds is 3. The SMILES string of the molecule is Cn1cnc(CNc2ncc(F)cn2)n1. The van der Waals surface area contributed by atoms with Gasteiger partial charge >= 0.3 is 0 Å². The number of aromatic nitrogens is 5. The highest BCUT2D eigenvalue weighted by molar-refractivity contribution is 5.22. The Bertz CT molecular complexity index is 437. The first-order chi connectivity index (χ1) is 7.24. The van der Waals surface area contributed by atoms with Crippen molar-refractivity contribution in [3.8, 4) is 0 Å². The van der Waals surface area contributed by atoms with E-state index in [1.165, 1.54) is 0 Å². The second-order valence-electron chi connectivity index (χ2n) is 2.91. The fraction of sp³-hybridized carbons (Fsp3) is 0.250. The molecule has 2 aromatic heterocycles. The van der Waals surface area contributed by atoms with Gasteiger partial charge in [-0.3, -0.25) is 4.68 Å². The lowest BCUT2D eigenvalue weighted by atomic mass is 10.6. The van der Waals surface area contributed by atoms with E-state index in [1.807, 2.05) is 0 Å². The zero-order valence-corrected chi connectivity index (χ0v) is 8.05. The van der Waals surface area contributed by atoms with Crippen molar-refractivity contribution in [1.82, 2.24) is 24.7 Å². The Morgan fingerprint density at radius 3 is 2.67 bits per heavy atom. The zero-order valence-electron chi connectivity index (χ0n) is 8.05. The summed E-state index contributed by atoms with van der Waals surface area (Å²) < 4.78 is 14.1. The maximum Gasteiger partial charge on any atom is 0.223 e. The molecule has 7 heteroatoms. The molecule has 0 saturated heterocycles. The van der Waals surface area contributed by atoms with E-state index < -0.39 is 5.82 Å². The van der Waals surface area contributed by atoms with Gasteiger partial charge in [0, 0.05) is 7.05 Å². The molecule has 0 unspecified atom stereocenters. The van der Waals surface area contributed by atoms with Gasteiger partial charge in [-0.25, -0.2) is 19.3 Å². The van der Waals surface area contributed by atoms with Gasteiger partial charge in [0.05, 0.1) is 18.9 Å². The largest absolute Gasteiger partial charge is 0.347 e. The van der Waals surface area contributed by atoms with E-state index in [1.54, 1.807) is 18.1 Å². The Kier molecular flexibility index (Phi) is 2.53. The predicted octanol–water partition coefficient (Wildman–Crippen LogP) is 0.356. The van der Waals surface area contributed by atoms with Crippen molar-refractivity contribution >= 4 is 5.95 Å². The minimum atomic E-state index is -0.462. The monoisotopic (exact) mass is 208 g/mol. The minimum Gasteiger partial charge on any atom is -0.347 e. The van der Waals surface area contributed by atoms with E-state index in [0.29, 0.717) is 18.3 Å². The molecule has 0 fully saturated rings. The van der Waals surface area contributed by atoms with Crippen LogP contribution in [-0.2, 0) is 13.6 Å². The number of nitrogens with one attached hydrogen (secondary N) is 1. The first kappa shape index (κ1) is 9.50. The molecule has 0 radical (unpaired) electrons. The van der Waals surface area contributed by atoms with Gasteiger partial charge in [0.1, 0.15) is 6.33 Å². The van der Waals surface area contributed by atoms with Crippen molar-refractivity contribution < 1.29 is 4.39 Å². The molecule has 0 aliphatic rings. The molecular weight excluding hydrogens is 199 g/mol. The number of halogens is 1. The molecule has 2 heterocycles. The number of nitrogens with zero attached hydrogens (tertiary/aromatic N) is 5. The summed E-state index contributed by atoms with van der Waals surface area (Å²) in [6.45, 7) is 0.409. The molecule has 0 saturated carbocycles. The Morgan fingerprint density at radius 1 is 1.33 bits per heavy atom.